The monoisotopic (exact) mass is 301 g/mol. The molecular weight excluding hydrogens is 293 g/mol. The molecule has 2 aromatic rings. The molecule has 0 unspecified atom stereocenters. The Morgan fingerprint density at radius 2 is 1.80 bits per heavy atom. The summed E-state index contributed by atoms with van der Waals surface area (Å²) in [5, 5.41) is 9.56. The zero-order valence-corrected chi connectivity index (χ0v) is 11.8. The van der Waals surface area contributed by atoms with Crippen molar-refractivity contribution in [2.45, 2.75) is 0 Å². The van der Waals surface area contributed by atoms with Crippen molar-refractivity contribution in [3.05, 3.63) is 75.3 Å². The fourth-order valence-corrected chi connectivity index (χ4v) is 1.99. The minimum absolute atomic E-state index is 0.162. The maximum absolute atomic E-state index is 12.0. The smallest absolute Gasteiger partial charge is 0.185 e. The van der Waals surface area contributed by atoms with Crippen molar-refractivity contribution in [3.63, 3.8) is 0 Å². The molecule has 98 valence electrons. The number of halogens is 2. The van der Waals surface area contributed by atoms with Gasteiger partial charge in [0.05, 0.1) is 21.7 Å². The molecule has 0 fully saturated rings. The first-order chi connectivity index (χ1) is 9.61. The molecule has 0 spiro atoms. The van der Waals surface area contributed by atoms with Crippen molar-refractivity contribution in [3.8, 4) is 6.07 Å². The summed E-state index contributed by atoms with van der Waals surface area (Å²) in [4.78, 5) is 12.0. The van der Waals surface area contributed by atoms with Crippen LogP contribution in [0.4, 0.5) is 0 Å². The van der Waals surface area contributed by atoms with E-state index in [1.807, 2.05) is 6.07 Å². The Bertz CT molecular complexity index is 712. The number of carbonyl (C=O) groups is 1. The predicted molar refractivity (Wildman–Crippen MR) is 81.0 cm³/mol. The van der Waals surface area contributed by atoms with Gasteiger partial charge in [0.25, 0.3) is 0 Å². The number of hydrogen-bond donors (Lipinski definition) is 0. The van der Waals surface area contributed by atoms with Crippen LogP contribution in [0.2, 0.25) is 10.0 Å². The van der Waals surface area contributed by atoms with E-state index in [-0.39, 0.29) is 5.78 Å². The first-order valence-electron chi connectivity index (χ1n) is 5.78. The van der Waals surface area contributed by atoms with Crippen molar-refractivity contribution >= 4 is 35.1 Å². The van der Waals surface area contributed by atoms with E-state index < -0.39 is 0 Å². The lowest BCUT2D eigenvalue weighted by atomic mass is 10.1. The standard InChI is InChI=1S/C16H9Cl2NO/c17-14-3-1-2-13(16(14)18)8-9-15(20)12-6-4-11(10-19)5-7-12/h1-9H/b9-8+. The van der Waals surface area contributed by atoms with Crippen LogP contribution < -0.4 is 0 Å². The highest BCUT2D eigenvalue weighted by atomic mass is 35.5. The minimum Gasteiger partial charge on any atom is -0.289 e. The lowest BCUT2D eigenvalue weighted by molar-refractivity contribution is 0.104. The Hall–Kier alpha value is -2.08. The van der Waals surface area contributed by atoms with Crippen LogP contribution in [-0.4, -0.2) is 5.78 Å². The largest absolute Gasteiger partial charge is 0.289 e. The van der Waals surface area contributed by atoms with Gasteiger partial charge < -0.3 is 0 Å². The van der Waals surface area contributed by atoms with Crippen LogP contribution in [-0.2, 0) is 0 Å². The molecule has 0 N–H and O–H groups in total. The SMILES string of the molecule is N#Cc1ccc(C(=O)/C=C/c2cccc(Cl)c2Cl)cc1. The molecular formula is C16H9Cl2NO. The van der Waals surface area contributed by atoms with E-state index in [1.165, 1.54) is 6.08 Å². The summed E-state index contributed by atoms with van der Waals surface area (Å²) in [7, 11) is 0. The maximum Gasteiger partial charge on any atom is 0.185 e. The first-order valence-corrected chi connectivity index (χ1v) is 6.54. The highest BCUT2D eigenvalue weighted by Crippen LogP contribution is 2.26. The van der Waals surface area contributed by atoms with Crippen LogP contribution >= 0.6 is 23.2 Å². The second-order valence-corrected chi connectivity index (χ2v) is 4.81. The van der Waals surface area contributed by atoms with Gasteiger partial charge in [-0.1, -0.05) is 35.3 Å². The number of rotatable bonds is 3. The van der Waals surface area contributed by atoms with E-state index in [9.17, 15) is 4.79 Å². The lowest BCUT2D eigenvalue weighted by Crippen LogP contribution is -1.93. The molecule has 2 rings (SSSR count). The van der Waals surface area contributed by atoms with Gasteiger partial charge >= 0.3 is 0 Å². The predicted octanol–water partition coefficient (Wildman–Crippen LogP) is 4.76. The number of hydrogen-bond acceptors (Lipinski definition) is 2. The molecule has 0 saturated carbocycles. The maximum atomic E-state index is 12.0. The average Bonchev–Trinajstić information content (AvgIpc) is 2.48. The normalized spacial score (nSPS) is 10.4. The molecule has 0 aliphatic heterocycles. The van der Waals surface area contributed by atoms with Gasteiger partial charge in [-0.2, -0.15) is 5.26 Å². The van der Waals surface area contributed by atoms with E-state index in [0.29, 0.717) is 26.7 Å². The van der Waals surface area contributed by atoms with Crippen molar-refractivity contribution in [1.29, 1.82) is 5.26 Å². The molecule has 2 aromatic carbocycles. The minimum atomic E-state index is -0.162. The summed E-state index contributed by atoms with van der Waals surface area (Å²) in [6.07, 6.45) is 3.05. The average molecular weight is 302 g/mol. The Morgan fingerprint density at radius 1 is 1.10 bits per heavy atom. The third-order valence-electron chi connectivity index (χ3n) is 2.69. The molecule has 0 aliphatic carbocycles. The van der Waals surface area contributed by atoms with Crippen molar-refractivity contribution in [2.24, 2.45) is 0 Å². The Balaban J connectivity index is 2.20. The van der Waals surface area contributed by atoms with Crippen molar-refractivity contribution < 1.29 is 4.79 Å². The Kier molecular flexibility index (Phi) is 4.57. The van der Waals surface area contributed by atoms with Gasteiger partial charge in [0.1, 0.15) is 0 Å². The summed E-state index contributed by atoms with van der Waals surface area (Å²) in [6, 6.07) is 13.7. The van der Waals surface area contributed by atoms with Gasteiger partial charge in [0.15, 0.2) is 5.78 Å². The van der Waals surface area contributed by atoms with Crippen LogP contribution in [0.1, 0.15) is 21.5 Å². The Labute approximate surface area is 126 Å². The number of nitrogens with zero attached hydrogens (tertiary/aromatic N) is 1. The molecule has 0 bridgehead atoms. The number of ketones is 1. The second-order valence-electron chi connectivity index (χ2n) is 4.03. The lowest BCUT2D eigenvalue weighted by Gasteiger charge is -2.00. The zero-order chi connectivity index (χ0) is 14.5. The van der Waals surface area contributed by atoms with Gasteiger partial charge in [-0.3, -0.25) is 4.79 Å². The fourth-order valence-electron chi connectivity index (χ4n) is 1.62. The van der Waals surface area contributed by atoms with E-state index in [2.05, 4.69) is 0 Å². The van der Waals surface area contributed by atoms with Crippen LogP contribution in [0.15, 0.2) is 48.5 Å². The van der Waals surface area contributed by atoms with E-state index in [4.69, 9.17) is 28.5 Å². The summed E-state index contributed by atoms with van der Waals surface area (Å²) in [6.45, 7) is 0. The van der Waals surface area contributed by atoms with E-state index in [0.717, 1.165) is 0 Å². The molecule has 0 radical (unpaired) electrons. The quantitative estimate of drug-likeness (QED) is 0.606. The van der Waals surface area contributed by atoms with E-state index >= 15 is 0 Å². The molecule has 4 heteroatoms. The molecule has 0 aliphatic rings. The third kappa shape index (κ3) is 3.27. The summed E-state index contributed by atoms with van der Waals surface area (Å²) in [5.41, 5.74) is 1.71. The molecule has 0 amide bonds. The summed E-state index contributed by atoms with van der Waals surface area (Å²) < 4.78 is 0. The molecule has 0 saturated heterocycles. The zero-order valence-electron chi connectivity index (χ0n) is 10.3. The summed E-state index contributed by atoms with van der Waals surface area (Å²) in [5.74, 6) is -0.162. The molecule has 20 heavy (non-hydrogen) atoms. The molecule has 0 heterocycles. The van der Waals surface area contributed by atoms with Gasteiger partial charge in [0, 0.05) is 5.56 Å². The highest BCUT2D eigenvalue weighted by Gasteiger charge is 2.04. The summed E-state index contributed by atoms with van der Waals surface area (Å²) >= 11 is 11.9. The third-order valence-corrected chi connectivity index (χ3v) is 3.53. The number of allylic oxidation sites excluding steroid dienone is 1. The first kappa shape index (κ1) is 14.3. The number of carbonyl (C=O) groups excluding carboxylic acids is 1. The Morgan fingerprint density at radius 3 is 2.45 bits per heavy atom. The van der Waals surface area contributed by atoms with Gasteiger partial charge in [-0.15, -0.1) is 0 Å². The van der Waals surface area contributed by atoms with Gasteiger partial charge in [-0.05, 0) is 48.0 Å². The van der Waals surface area contributed by atoms with Crippen molar-refractivity contribution in [1.82, 2.24) is 0 Å². The number of benzene rings is 2. The van der Waals surface area contributed by atoms with Crippen molar-refractivity contribution in [2.75, 3.05) is 0 Å². The highest BCUT2D eigenvalue weighted by molar-refractivity contribution is 6.42. The van der Waals surface area contributed by atoms with E-state index in [1.54, 1.807) is 48.5 Å². The van der Waals surface area contributed by atoms with Gasteiger partial charge in [-0.25, -0.2) is 0 Å². The van der Waals surface area contributed by atoms with Crippen LogP contribution in [0, 0.1) is 11.3 Å². The topological polar surface area (TPSA) is 40.9 Å². The molecule has 0 atom stereocenters. The molecule has 2 nitrogen and oxygen atoms in total. The van der Waals surface area contributed by atoms with Gasteiger partial charge in [0.2, 0.25) is 0 Å². The van der Waals surface area contributed by atoms with Crippen LogP contribution in [0.5, 0.6) is 0 Å². The van der Waals surface area contributed by atoms with Crippen LogP contribution in [0.3, 0.4) is 0 Å². The fraction of sp³-hybridized carbons (Fsp3) is 0. The van der Waals surface area contributed by atoms with Crippen LogP contribution in [0.25, 0.3) is 6.08 Å². The molecule has 0 aromatic heterocycles. The second kappa shape index (κ2) is 6.38. The number of nitriles is 1.